The first kappa shape index (κ1) is 37.6. The van der Waals surface area contributed by atoms with Crippen molar-refractivity contribution in [3.63, 3.8) is 0 Å². The average molecular weight is 698 g/mol. The highest BCUT2D eigenvalue weighted by Gasteiger charge is 2.53. The fourth-order valence-electron chi connectivity index (χ4n) is 5.41. The standard InChI is InChI=1S/C31H59NO7Si5/c1-40(2,3)32-21-23(24-18-16-17-19-25(24)32)22-34-27(33)20-26-28(36-41(4,5)6)29(37-42(7,8)9)30(38-43(10,11)12)31(35-26)39-44(13,14)15/h16-19,21,26,28-31H,20,22H2,1-15H3. The highest BCUT2D eigenvalue weighted by molar-refractivity contribution is 6.75. The molecule has 13 heteroatoms. The van der Waals surface area contributed by atoms with Crippen molar-refractivity contribution in [3.8, 4) is 0 Å². The van der Waals surface area contributed by atoms with Gasteiger partial charge >= 0.3 is 5.97 Å². The van der Waals surface area contributed by atoms with Crippen LogP contribution in [-0.2, 0) is 38.6 Å². The Bertz CT molecular complexity index is 1270. The summed E-state index contributed by atoms with van der Waals surface area (Å²) < 4.78 is 42.2. The predicted octanol–water partition coefficient (Wildman–Crippen LogP) is 7.99. The molecule has 1 aliphatic heterocycles. The van der Waals surface area contributed by atoms with Gasteiger partial charge in [-0.15, -0.1) is 0 Å². The molecular formula is C31H59NO7Si5. The molecule has 1 aliphatic rings. The lowest BCUT2D eigenvalue weighted by Gasteiger charge is -2.51. The zero-order valence-electron chi connectivity index (χ0n) is 30.0. The molecule has 2 heterocycles. The molecule has 1 fully saturated rings. The van der Waals surface area contributed by atoms with Crippen LogP contribution in [0.25, 0.3) is 10.9 Å². The third-order valence-electron chi connectivity index (χ3n) is 6.80. The second-order valence-electron chi connectivity index (χ2n) is 16.9. The molecule has 2 aromatic rings. The monoisotopic (exact) mass is 697 g/mol. The van der Waals surface area contributed by atoms with Gasteiger partial charge in [-0.2, -0.15) is 0 Å². The number of esters is 1. The number of fused-ring (bicyclic) bond motifs is 1. The van der Waals surface area contributed by atoms with Gasteiger partial charge < -0.3 is 31.4 Å². The minimum atomic E-state index is -2.10. The van der Waals surface area contributed by atoms with E-state index in [9.17, 15) is 4.79 Å². The summed E-state index contributed by atoms with van der Waals surface area (Å²) in [6.07, 6.45) is -0.433. The molecule has 5 atom stereocenters. The molecule has 250 valence electrons. The van der Waals surface area contributed by atoms with Crippen molar-refractivity contribution in [1.29, 1.82) is 0 Å². The van der Waals surface area contributed by atoms with Crippen LogP contribution in [0.2, 0.25) is 98.2 Å². The lowest BCUT2D eigenvalue weighted by Crippen LogP contribution is -2.66. The molecule has 1 saturated heterocycles. The van der Waals surface area contributed by atoms with Gasteiger partial charge in [0.05, 0.1) is 18.6 Å². The maximum atomic E-state index is 13.6. The summed E-state index contributed by atoms with van der Waals surface area (Å²) in [7, 11) is -9.96. The van der Waals surface area contributed by atoms with E-state index in [0.717, 1.165) is 10.9 Å². The number of benzene rings is 1. The molecule has 0 spiro atoms. The largest absolute Gasteiger partial charge is 0.461 e. The van der Waals surface area contributed by atoms with Gasteiger partial charge in [-0.1, -0.05) is 37.8 Å². The summed E-state index contributed by atoms with van der Waals surface area (Å²) in [6, 6.07) is 8.34. The first-order valence-corrected chi connectivity index (χ1v) is 33.0. The SMILES string of the molecule is C[Si](C)(C)OC1OC(CC(=O)OCc2cn([Si](C)(C)C)c3ccccc23)C(O[Si](C)(C)C)C(O[Si](C)(C)C)C1O[Si](C)(C)C. The lowest BCUT2D eigenvalue weighted by molar-refractivity contribution is -0.264. The normalized spacial score (nSPS) is 24.1. The summed E-state index contributed by atoms with van der Waals surface area (Å²) in [5.41, 5.74) is 2.20. The van der Waals surface area contributed by atoms with Gasteiger partial charge in [0, 0.05) is 22.7 Å². The van der Waals surface area contributed by atoms with Crippen LogP contribution >= 0.6 is 0 Å². The van der Waals surface area contributed by atoms with Gasteiger partial charge in [-0.3, -0.25) is 4.79 Å². The van der Waals surface area contributed by atoms with Gasteiger partial charge in [0.1, 0.15) is 18.8 Å². The average Bonchev–Trinajstić information content (AvgIpc) is 3.18. The third kappa shape index (κ3) is 11.1. The highest BCUT2D eigenvalue weighted by Crippen LogP contribution is 2.36. The summed E-state index contributed by atoms with van der Waals surface area (Å²) in [5, 5.41) is 1.12. The van der Waals surface area contributed by atoms with Gasteiger partial charge in [-0.25, -0.2) is 0 Å². The van der Waals surface area contributed by atoms with Crippen molar-refractivity contribution < 1.29 is 32.0 Å². The molecule has 1 aromatic heterocycles. The Labute approximate surface area is 271 Å². The number of hydrogen-bond acceptors (Lipinski definition) is 7. The molecule has 0 N–H and O–H groups in total. The highest BCUT2D eigenvalue weighted by atomic mass is 28.4. The minimum Gasteiger partial charge on any atom is -0.461 e. The number of para-hydroxylation sites is 1. The molecule has 5 unspecified atom stereocenters. The third-order valence-corrected chi connectivity index (χ3v) is 12.5. The molecule has 8 nitrogen and oxygen atoms in total. The van der Waals surface area contributed by atoms with Crippen molar-refractivity contribution in [1.82, 2.24) is 4.23 Å². The predicted molar refractivity (Wildman–Crippen MR) is 193 cm³/mol. The molecule has 0 aliphatic carbocycles. The molecule has 0 radical (unpaired) electrons. The van der Waals surface area contributed by atoms with E-state index in [4.69, 9.17) is 27.2 Å². The van der Waals surface area contributed by atoms with Gasteiger partial charge in [-0.05, 0) is 84.6 Å². The van der Waals surface area contributed by atoms with E-state index >= 15 is 0 Å². The molecule has 0 bridgehead atoms. The topological polar surface area (TPSA) is 77.4 Å². The van der Waals surface area contributed by atoms with Gasteiger partial charge in [0.25, 0.3) is 0 Å². The first-order valence-electron chi connectivity index (χ1n) is 15.9. The summed E-state index contributed by atoms with van der Waals surface area (Å²) in [5.74, 6) is -0.327. The van der Waals surface area contributed by atoms with Crippen LogP contribution in [0.4, 0.5) is 0 Å². The second-order valence-corrected chi connectivity index (χ2v) is 39.6. The summed E-state index contributed by atoms with van der Waals surface area (Å²) >= 11 is 0. The van der Waals surface area contributed by atoms with Crippen molar-refractivity contribution in [2.45, 2.75) is 142 Å². The van der Waals surface area contributed by atoms with Crippen molar-refractivity contribution >= 4 is 58.4 Å². The summed E-state index contributed by atoms with van der Waals surface area (Å²) in [4.78, 5) is 13.6. The number of ether oxygens (including phenoxy) is 2. The number of carbonyl (C=O) groups is 1. The van der Waals surface area contributed by atoms with E-state index < -0.39 is 72.2 Å². The van der Waals surface area contributed by atoms with Crippen molar-refractivity contribution in [2.75, 3.05) is 0 Å². The van der Waals surface area contributed by atoms with E-state index in [0.29, 0.717) is 0 Å². The molecule has 0 amide bonds. The zero-order valence-corrected chi connectivity index (χ0v) is 35.0. The molecule has 0 saturated carbocycles. The minimum absolute atomic E-state index is 0.0403. The lowest BCUT2D eigenvalue weighted by atomic mass is 9.97. The number of aromatic nitrogens is 1. The number of hydrogen-bond donors (Lipinski definition) is 0. The van der Waals surface area contributed by atoms with Crippen LogP contribution in [-0.4, -0.2) is 82.4 Å². The van der Waals surface area contributed by atoms with Crippen molar-refractivity contribution in [2.24, 2.45) is 0 Å². The Morgan fingerprint density at radius 3 is 1.73 bits per heavy atom. The first-order chi connectivity index (χ1) is 19.8. The number of carbonyl (C=O) groups excluding carboxylic acids is 1. The van der Waals surface area contributed by atoms with Crippen LogP contribution in [0.1, 0.15) is 12.0 Å². The van der Waals surface area contributed by atoms with Crippen LogP contribution in [0.3, 0.4) is 0 Å². The number of rotatable bonds is 13. The van der Waals surface area contributed by atoms with E-state index in [1.807, 2.05) is 6.07 Å². The van der Waals surface area contributed by atoms with Gasteiger partial charge in [0.2, 0.25) is 0 Å². The van der Waals surface area contributed by atoms with Crippen LogP contribution in [0.15, 0.2) is 30.5 Å². The van der Waals surface area contributed by atoms with E-state index in [1.165, 1.54) is 5.52 Å². The smallest absolute Gasteiger partial charge is 0.308 e. The zero-order chi connectivity index (χ0) is 33.5. The van der Waals surface area contributed by atoms with Gasteiger partial charge in [0.15, 0.2) is 47.8 Å². The Balaban J connectivity index is 1.95. The van der Waals surface area contributed by atoms with E-state index in [1.54, 1.807) is 0 Å². The van der Waals surface area contributed by atoms with Crippen LogP contribution in [0, 0.1) is 0 Å². The molecule has 1 aromatic carbocycles. The Morgan fingerprint density at radius 2 is 1.20 bits per heavy atom. The fraction of sp³-hybridized carbons (Fsp3) is 0.710. The maximum absolute atomic E-state index is 13.6. The summed E-state index contributed by atoms with van der Waals surface area (Å²) in [6.45, 7) is 33.0. The van der Waals surface area contributed by atoms with Crippen LogP contribution < -0.4 is 0 Å². The van der Waals surface area contributed by atoms with Crippen LogP contribution in [0.5, 0.6) is 0 Å². The number of nitrogens with zero attached hydrogens (tertiary/aromatic N) is 1. The van der Waals surface area contributed by atoms with E-state index in [-0.39, 0.29) is 19.0 Å². The van der Waals surface area contributed by atoms with E-state index in [2.05, 4.69) is 127 Å². The Morgan fingerprint density at radius 1 is 0.705 bits per heavy atom. The molecule has 44 heavy (non-hydrogen) atoms. The second kappa shape index (κ2) is 13.7. The Kier molecular flexibility index (Phi) is 11.7. The Hall–Kier alpha value is -0.886. The molecule has 3 rings (SSSR count). The fourth-order valence-corrected chi connectivity index (χ4v) is 11.0. The van der Waals surface area contributed by atoms with Crippen molar-refractivity contribution in [3.05, 3.63) is 36.0 Å². The quantitative estimate of drug-likeness (QED) is 0.155. The maximum Gasteiger partial charge on any atom is 0.308 e. The molecular weight excluding hydrogens is 639 g/mol.